The van der Waals surface area contributed by atoms with Crippen LogP contribution in [0.5, 0.6) is 0 Å². The maximum atomic E-state index is 11.3. The van der Waals surface area contributed by atoms with Crippen molar-refractivity contribution in [1.82, 2.24) is 0 Å². The van der Waals surface area contributed by atoms with Crippen molar-refractivity contribution in [1.29, 1.82) is 0 Å². The fourth-order valence-corrected chi connectivity index (χ4v) is 1.91. The first kappa shape index (κ1) is 9.78. The van der Waals surface area contributed by atoms with Crippen LogP contribution in [0.4, 0.5) is 0 Å². The van der Waals surface area contributed by atoms with Crippen molar-refractivity contribution in [3.8, 4) is 0 Å². The molecule has 0 fully saturated rings. The molecule has 0 amide bonds. The van der Waals surface area contributed by atoms with Gasteiger partial charge in [0.1, 0.15) is 4.49 Å². The molecule has 0 spiro atoms. The Hall–Kier alpha value is -0.310. The van der Waals surface area contributed by atoms with Gasteiger partial charge in [0.25, 0.3) is 0 Å². The first-order valence-electron chi connectivity index (χ1n) is 3.18. The highest BCUT2D eigenvalue weighted by Gasteiger charge is 1.98. The molecule has 1 atom stereocenters. The quantitative estimate of drug-likeness (QED) is 0.749. The molecule has 0 heterocycles. The molecule has 0 aliphatic heterocycles. The third-order valence-electron chi connectivity index (χ3n) is 1.17. The van der Waals surface area contributed by atoms with Crippen LogP contribution in [-0.2, 0) is 10.8 Å². The molecule has 0 saturated carbocycles. The largest absolute Gasteiger partial charge is 0.250 e. The molecule has 0 aliphatic carbocycles. The maximum absolute atomic E-state index is 11.3. The summed E-state index contributed by atoms with van der Waals surface area (Å²) in [5, 5.41) is 1.29. The summed E-state index contributed by atoms with van der Waals surface area (Å²) in [5.74, 6) is 0. The van der Waals surface area contributed by atoms with Gasteiger partial charge in [0, 0.05) is 10.3 Å². The van der Waals surface area contributed by atoms with Crippen LogP contribution < -0.4 is 0 Å². The van der Waals surface area contributed by atoms with Crippen LogP contribution >= 0.6 is 23.2 Å². The van der Waals surface area contributed by atoms with Gasteiger partial charge in [-0.2, -0.15) is 0 Å². The molecular formula is C8H6Cl2OS. The zero-order valence-corrected chi connectivity index (χ0v) is 8.36. The van der Waals surface area contributed by atoms with Crippen LogP contribution in [0.25, 0.3) is 0 Å². The Balaban J connectivity index is 2.87. The van der Waals surface area contributed by atoms with Gasteiger partial charge in [-0.1, -0.05) is 41.4 Å². The molecule has 0 saturated heterocycles. The Kier molecular flexibility index (Phi) is 3.79. The summed E-state index contributed by atoms with van der Waals surface area (Å²) in [7, 11) is -1.24. The fourth-order valence-electron chi connectivity index (χ4n) is 0.704. The summed E-state index contributed by atoms with van der Waals surface area (Å²) in [6.45, 7) is 0. The van der Waals surface area contributed by atoms with Gasteiger partial charge in [-0.15, -0.1) is 0 Å². The van der Waals surface area contributed by atoms with Crippen molar-refractivity contribution < 1.29 is 4.21 Å². The highest BCUT2D eigenvalue weighted by Crippen LogP contribution is 2.13. The first-order valence-corrected chi connectivity index (χ1v) is 5.15. The summed E-state index contributed by atoms with van der Waals surface area (Å²) >= 11 is 10.7. The molecule has 12 heavy (non-hydrogen) atoms. The maximum Gasteiger partial charge on any atom is 0.116 e. The topological polar surface area (TPSA) is 17.1 Å². The molecular weight excluding hydrogens is 215 g/mol. The molecule has 0 bridgehead atoms. The summed E-state index contributed by atoms with van der Waals surface area (Å²) in [6.07, 6.45) is 0. The lowest BCUT2D eigenvalue weighted by molar-refractivity contribution is 0.688. The summed E-state index contributed by atoms with van der Waals surface area (Å²) < 4.78 is 11.3. The van der Waals surface area contributed by atoms with E-state index in [2.05, 4.69) is 0 Å². The minimum Gasteiger partial charge on any atom is -0.250 e. The molecule has 0 aromatic heterocycles. The first-order chi connectivity index (χ1) is 5.70. The average molecular weight is 221 g/mol. The van der Waals surface area contributed by atoms with E-state index in [0.717, 1.165) is 0 Å². The molecule has 4 heteroatoms. The van der Waals surface area contributed by atoms with Crippen molar-refractivity contribution in [2.24, 2.45) is 0 Å². The Morgan fingerprint density at radius 1 is 1.25 bits per heavy atom. The van der Waals surface area contributed by atoms with E-state index >= 15 is 0 Å². The van der Waals surface area contributed by atoms with Crippen molar-refractivity contribution in [2.75, 3.05) is 0 Å². The molecule has 1 rings (SSSR count). The van der Waals surface area contributed by atoms with Crippen LogP contribution in [0.2, 0.25) is 0 Å². The van der Waals surface area contributed by atoms with E-state index in [1.54, 1.807) is 12.1 Å². The average Bonchev–Trinajstić information content (AvgIpc) is 2.05. The Labute approximate surface area is 83.5 Å². The van der Waals surface area contributed by atoms with Gasteiger partial charge in [0.15, 0.2) is 0 Å². The van der Waals surface area contributed by atoms with Crippen LogP contribution in [0.1, 0.15) is 0 Å². The Morgan fingerprint density at radius 3 is 2.33 bits per heavy atom. The van der Waals surface area contributed by atoms with E-state index in [1.165, 1.54) is 5.41 Å². The second-order valence-corrected chi connectivity index (χ2v) is 4.33. The highest BCUT2D eigenvalue weighted by molar-refractivity contribution is 7.88. The molecule has 1 unspecified atom stereocenters. The molecule has 1 aromatic carbocycles. The van der Waals surface area contributed by atoms with Crippen molar-refractivity contribution in [3.63, 3.8) is 0 Å². The minimum atomic E-state index is -1.24. The summed E-state index contributed by atoms with van der Waals surface area (Å²) in [4.78, 5) is 0.691. The Bertz CT molecular complexity index is 304. The van der Waals surface area contributed by atoms with E-state index in [-0.39, 0.29) is 4.49 Å². The second kappa shape index (κ2) is 4.65. The summed E-state index contributed by atoms with van der Waals surface area (Å²) in [5.41, 5.74) is 0. The van der Waals surface area contributed by atoms with Crippen LogP contribution in [0, 0.1) is 0 Å². The van der Waals surface area contributed by atoms with Crippen LogP contribution in [0.3, 0.4) is 0 Å². The standard InChI is InChI=1S/C8H6Cl2OS/c9-8(10)6-12(11)7-4-2-1-3-5-7/h1-6H. The predicted molar refractivity (Wildman–Crippen MR) is 52.6 cm³/mol. The molecule has 1 aromatic rings. The van der Waals surface area contributed by atoms with E-state index in [1.807, 2.05) is 18.2 Å². The smallest absolute Gasteiger partial charge is 0.116 e. The van der Waals surface area contributed by atoms with Gasteiger partial charge in [-0.3, -0.25) is 0 Å². The highest BCUT2D eigenvalue weighted by atomic mass is 35.5. The van der Waals surface area contributed by atoms with Gasteiger partial charge >= 0.3 is 0 Å². The van der Waals surface area contributed by atoms with Crippen molar-refractivity contribution in [2.45, 2.75) is 4.90 Å². The number of halogens is 2. The molecule has 0 N–H and O–H groups in total. The minimum absolute atomic E-state index is 0.0252. The van der Waals surface area contributed by atoms with Crippen LogP contribution in [-0.4, -0.2) is 4.21 Å². The van der Waals surface area contributed by atoms with Gasteiger partial charge in [0.2, 0.25) is 0 Å². The number of hydrogen-bond acceptors (Lipinski definition) is 1. The van der Waals surface area contributed by atoms with Crippen LogP contribution in [0.15, 0.2) is 45.1 Å². The second-order valence-electron chi connectivity index (χ2n) is 2.02. The van der Waals surface area contributed by atoms with Gasteiger partial charge in [-0.25, -0.2) is 4.21 Å². The molecule has 0 aliphatic rings. The molecule has 1 nitrogen and oxygen atoms in total. The third-order valence-corrected chi connectivity index (χ3v) is 2.84. The Morgan fingerprint density at radius 2 is 1.83 bits per heavy atom. The van der Waals surface area contributed by atoms with Gasteiger partial charge in [0.05, 0.1) is 10.8 Å². The molecule has 0 radical (unpaired) electrons. The predicted octanol–water partition coefficient (Wildman–Crippen LogP) is 3.07. The SMILES string of the molecule is O=S(C=C(Cl)Cl)c1ccccc1. The van der Waals surface area contributed by atoms with Gasteiger partial charge < -0.3 is 0 Å². The molecule has 64 valence electrons. The van der Waals surface area contributed by atoms with E-state index in [0.29, 0.717) is 4.90 Å². The fraction of sp³-hybridized carbons (Fsp3) is 0. The van der Waals surface area contributed by atoms with E-state index < -0.39 is 10.8 Å². The zero-order chi connectivity index (χ0) is 8.97. The lowest BCUT2D eigenvalue weighted by Gasteiger charge is -1.93. The van der Waals surface area contributed by atoms with E-state index in [9.17, 15) is 4.21 Å². The van der Waals surface area contributed by atoms with Crippen molar-refractivity contribution >= 4 is 34.0 Å². The van der Waals surface area contributed by atoms with Gasteiger partial charge in [-0.05, 0) is 12.1 Å². The lowest BCUT2D eigenvalue weighted by atomic mass is 10.4. The lowest BCUT2D eigenvalue weighted by Crippen LogP contribution is -1.84. The monoisotopic (exact) mass is 220 g/mol. The third kappa shape index (κ3) is 2.97. The number of hydrogen-bond donors (Lipinski definition) is 0. The number of benzene rings is 1. The van der Waals surface area contributed by atoms with Crippen molar-refractivity contribution in [3.05, 3.63) is 40.2 Å². The summed E-state index contributed by atoms with van der Waals surface area (Å²) in [6, 6.07) is 8.98. The number of rotatable bonds is 2. The van der Waals surface area contributed by atoms with E-state index in [4.69, 9.17) is 23.2 Å². The normalized spacial score (nSPS) is 12.2. The zero-order valence-electron chi connectivity index (χ0n) is 6.04.